The standard InChI is InChI=1S/C54H70N8O8/c1-10-60-44-21-20-38-29-40(44)41(48(60)39-17-12-23-55-46(39)35(4)68-9)30-53(5,6)32-69-51(66)42-18-13-25-62(57-42)50(65)43(28-36-15-11-16-37(38)27-36)56-49(64)47(34(2)3)61-33-70-54(52(61)67)22-26-59(31-54)45(63)19-14-24-58(7)8/h11-12,14-17,19-21,23,27,29,34-35,42-43,47,57H,10,13,18,22,24-26,28,30-33H2,1-9H3,(H,56,64)/b19-14+/t35-,42-,43-,47-,54+/m0/s1. The van der Waals surface area contributed by atoms with Gasteiger partial charge in [0.2, 0.25) is 11.8 Å². The van der Waals surface area contributed by atoms with Gasteiger partial charge in [0.05, 0.1) is 30.6 Å². The topological polar surface area (TPSA) is 168 Å². The van der Waals surface area contributed by atoms with Crippen molar-refractivity contribution >= 4 is 40.5 Å². The number of methoxy groups -OCH3 is 1. The van der Waals surface area contributed by atoms with Crippen molar-refractivity contribution in [1.82, 2.24) is 40.0 Å². The number of nitrogens with zero attached hydrogens (tertiary/aromatic N) is 6. The summed E-state index contributed by atoms with van der Waals surface area (Å²) in [4.78, 5) is 80.8. The minimum atomic E-state index is -1.26. The third-order valence-corrected chi connectivity index (χ3v) is 14.3. The van der Waals surface area contributed by atoms with Gasteiger partial charge in [-0.1, -0.05) is 64.1 Å². The van der Waals surface area contributed by atoms with Crippen LogP contribution in [-0.4, -0.2) is 143 Å². The number of likely N-dealkylation sites (N-methyl/N-ethyl adjacent to an activating group) is 1. The minimum absolute atomic E-state index is 0.0814. The zero-order valence-electron chi connectivity index (χ0n) is 42.2. The first kappa shape index (κ1) is 50.4. The molecule has 8 rings (SSSR count). The molecule has 4 aliphatic rings. The van der Waals surface area contributed by atoms with Crippen LogP contribution in [0.5, 0.6) is 0 Å². The van der Waals surface area contributed by atoms with Gasteiger partial charge in [0.15, 0.2) is 5.60 Å². The molecule has 3 fully saturated rings. The summed E-state index contributed by atoms with van der Waals surface area (Å²) in [5.41, 5.74) is 9.16. The fourth-order valence-electron chi connectivity index (χ4n) is 10.6. The summed E-state index contributed by atoms with van der Waals surface area (Å²) >= 11 is 0. The number of benzene rings is 2. The first-order valence-electron chi connectivity index (χ1n) is 24.8. The second kappa shape index (κ2) is 20.8. The van der Waals surface area contributed by atoms with Gasteiger partial charge >= 0.3 is 5.97 Å². The Balaban J connectivity index is 1.14. The molecule has 6 heterocycles. The maximum atomic E-state index is 14.8. The van der Waals surface area contributed by atoms with Gasteiger partial charge in [0.1, 0.15) is 24.9 Å². The molecule has 6 bridgehead atoms. The van der Waals surface area contributed by atoms with Crippen molar-refractivity contribution in [3.05, 3.63) is 89.8 Å². The number of rotatable bonds is 11. The van der Waals surface area contributed by atoms with E-state index in [0.717, 1.165) is 50.1 Å². The normalized spacial score (nSPS) is 22.9. The molecule has 16 heteroatoms. The summed E-state index contributed by atoms with van der Waals surface area (Å²) in [6, 6.07) is 15.7. The smallest absolute Gasteiger partial charge is 0.324 e. The molecule has 1 spiro atoms. The van der Waals surface area contributed by atoms with Gasteiger partial charge in [0.25, 0.3) is 11.8 Å². The number of carbonyl (C=O) groups is 5. The number of carbonyl (C=O) groups excluding carboxylic acids is 5. The fraction of sp³-hybridized carbons (Fsp3) is 0.519. The molecule has 70 heavy (non-hydrogen) atoms. The van der Waals surface area contributed by atoms with Crippen LogP contribution in [0.15, 0.2) is 72.9 Å². The summed E-state index contributed by atoms with van der Waals surface area (Å²) in [5.74, 6) is -2.29. The highest BCUT2D eigenvalue weighted by Crippen LogP contribution is 2.42. The largest absolute Gasteiger partial charge is 0.464 e. The molecule has 0 unspecified atom stereocenters. The number of hydrogen-bond donors (Lipinski definition) is 2. The van der Waals surface area contributed by atoms with Crippen LogP contribution < -0.4 is 10.7 Å². The van der Waals surface area contributed by atoms with Crippen molar-refractivity contribution in [2.24, 2.45) is 11.3 Å². The summed E-state index contributed by atoms with van der Waals surface area (Å²) in [6.45, 7) is 14.1. The molecule has 2 aromatic heterocycles. The fourth-order valence-corrected chi connectivity index (χ4v) is 10.6. The van der Waals surface area contributed by atoms with Gasteiger partial charge in [-0.3, -0.25) is 34.0 Å². The van der Waals surface area contributed by atoms with Crippen LogP contribution in [-0.2, 0) is 57.6 Å². The van der Waals surface area contributed by atoms with E-state index in [-0.39, 0.29) is 50.1 Å². The van der Waals surface area contributed by atoms with Gasteiger partial charge in [0, 0.05) is 80.3 Å². The lowest BCUT2D eigenvalue weighted by atomic mass is 9.84. The monoisotopic (exact) mass is 959 g/mol. The summed E-state index contributed by atoms with van der Waals surface area (Å²) < 4.78 is 20.5. The zero-order chi connectivity index (χ0) is 50.1. The maximum Gasteiger partial charge on any atom is 0.324 e. The Morgan fingerprint density at radius 3 is 2.57 bits per heavy atom. The number of fused-ring (bicyclic) bond motifs is 6. The molecule has 4 aromatic rings. The van der Waals surface area contributed by atoms with Crippen LogP contribution in [0.4, 0.5) is 0 Å². The zero-order valence-corrected chi connectivity index (χ0v) is 42.2. The van der Waals surface area contributed by atoms with Gasteiger partial charge in [-0.15, -0.1) is 0 Å². The van der Waals surface area contributed by atoms with Crippen molar-refractivity contribution in [1.29, 1.82) is 0 Å². The molecule has 0 aliphatic carbocycles. The molecular formula is C54H70N8O8. The Hall–Kier alpha value is -5.94. The lowest BCUT2D eigenvalue weighted by molar-refractivity contribution is -0.155. The highest BCUT2D eigenvalue weighted by Gasteiger charge is 2.56. The van der Waals surface area contributed by atoms with E-state index in [4.69, 9.17) is 19.2 Å². The number of hydrogen-bond acceptors (Lipinski definition) is 11. The SMILES string of the molecule is CCn1c(-c2cccnc2[C@H](C)OC)c2c3cc(ccc31)-c1cccc(c1)C[C@H](NC(=O)[C@H](C(C)C)N1CO[C@@]3(CCN(C(=O)/C=C/CN(C)C)C3)C1=O)C(=O)N1CCC[C@H](N1)C(=O)OCC(C)(C)C2. The Bertz CT molecular complexity index is 2660. The number of cyclic esters (lactones) is 1. The third-order valence-electron chi connectivity index (χ3n) is 14.3. The summed E-state index contributed by atoms with van der Waals surface area (Å²) in [5, 5.41) is 5.58. The number of aromatic nitrogens is 2. The van der Waals surface area contributed by atoms with E-state index in [9.17, 15) is 24.0 Å². The van der Waals surface area contributed by atoms with E-state index in [1.165, 1.54) is 16.0 Å². The van der Waals surface area contributed by atoms with Crippen molar-refractivity contribution in [3.8, 4) is 22.4 Å². The van der Waals surface area contributed by atoms with Gasteiger partial charge in [-0.25, -0.2) is 5.43 Å². The van der Waals surface area contributed by atoms with Crippen LogP contribution in [0.3, 0.4) is 0 Å². The van der Waals surface area contributed by atoms with Crippen LogP contribution in [0.25, 0.3) is 33.3 Å². The van der Waals surface area contributed by atoms with E-state index in [1.54, 1.807) is 24.3 Å². The molecule has 0 saturated carbocycles. The molecule has 2 aromatic carbocycles. The number of nitrogens with one attached hydrogen (secondary N) is 2. The molecule has 16 nitrogen and oxygen atoms in total. The molecule has 374 valence electrons. The average molecular weight is 959 g/mol. The molecule has 3 saturated heterocycles. The predicted molar refractivity (Wildman–Crippen MR) is 267 cm³/mol. The van der Waals surface area contributed by atoms with Crippen LogP contribution in [0.1, 0.15) is 83.7 Å². The second-order valence-electron chi connectivity index (χ2n) is 20.8. The molecule has 4 amide bonds. The number of amides is 4. The van der Waals surface area contributed by atoms with Crippen molar-refractivity contribution in [2.45, 2.75) is 110 Å². The first-order valence-corrected chi connectivity index (χ1v) is 24.8. The molecular weight excluding hydrogens is 889 g/mol. The number of hydrazine groups is 1. The number of likely N-dealkylation sites (tertiary alicyclic amines) is 1. The van der Waals surface area contributed by atoms with E-state index in [0.29, 0.717) is 51.9 Å². The van der Waals surface area contributed by atoms with Crippen LogP contribution in [0, 0.1) is 11.3 Å². The molecule has 4 aliphatic heterocycles. The summed E-state index contributed by atoms with van der Waals surface area (Å²) in [6.07, 6.45) is 6.86. The Labute approximate surface area is 411 Å². The summed E-state index contributed by atoms with van der Waals surface area (Å²) in [7, 11) is 5.52. The van der Waals surface area contributed by atoms with Crippen LogP contribution in [0.2, 0.25) is 0 Å². The minimum Gasteiger partial charge on any atom is -0.464 e. The first-order chi connectivity index (χ1) is 33.4. The lowest BCUT2D eigenvalue weighted by Crippen LogP contribution is -2.62. The van der Waals surface area contributed by atoms with E-state index in [2.05, 4.69) is 72.5 Å². The second-order valence-corrected chi connectivity index (χ2v) is 20.8. The average Bonchev–Trinajstić information content (AvgIpc) is 4.02. The van der Waals surface area contributed by atoms with Gasteiger partial charge in [-0.2, -0.15) is 0 Å². The Kier molecular flexibility index (Phi) is 15.0. The number of ether oxygens (including phenoxy) is 3. The van der Waals surface area contributed by atoms with Crippen molar-refractivity contribution < 1.29 is 38.2 Å². The number of esters is 1. The van der Waals surface area contributed by atoms with Crippen molar-refractivity contribution in [3.63, 3.8) is 0 Å². The number of pyridine rings is 1. The molecule has 5 atom stereocenters. The maximum absolute atomic E-state index is 14.8. The Morgan fingerprint density at radius 2 is 1.83 bits per heavy atom. The van der Waals surface area contributed by atoms with E-state index >= 15 is 0 Å². The lowest BCUT2D eigenvalue weighted by Gasteiger charge is -2.36. The highest BCUT2D eigenvalue weighted by molar-refractivity contribution is 5.97. The molecule has 2 N–H and O–H groups in total. The number of aryl methyl sites for hydroxylation is 1. The molecule has 0 radical (unpaired) electrons. The predicted octanol–water partition coefficient (Wildman–Crippen LogP) is 5.68. The van der Waals surface area contributed by atoms with Gasteiger partial charge < -0.3 is 38.8 Å². The van der Waals surface area contributed by atoms with Gasteiger partial charge in [-0.05, 0) is 99.6 Å². The van der Waals surface area contributed by atoms with Crippen molar-refractivity contribution in [2.75, 3.05) is 60.7 Å². The quantitative estimate of drug-likeness (QED) is 0.140. The van der Waals surface area contributed by atoms with Crippen LogP contribution >= 0.6 is 0 Å². The highest BCUT2D eigenvalue weighted by atomic mass is 16.5. The van der Waals surface area contributed by atoms with E-state index in [1.807, 2.05) is 58.0 Å². The Morgan fingerprint density at radius 1 is 1.04 bits per heavy atom. The van der Waals surface area contributed by atoms with E-state index < -0.39 is 46.9 Å². The third kappa shape index (κ3) is 10.3.